The Morgan fingerprint density at radius 1 is 1.23 bits per heavy atom. The van der Waals surface area contributed by atoms with Crippen LogP contribution in [0.3, 0.4) is 0 Å². The summed E-state index contributed by atoms with van der Waals surface area (Å²) >= 11 is 1.70. The van der Waals surface area contributed by atoms with Crippen LogP contribution in [-0.2, 0) is 25.9 Å². The van der Waals surface area contributed by atoms with E-state index in [2.05, 4.69) is 5.16 Å². The molecule has 26 heavy (non-hydrogen) atoms. The SMILES string of the molecule is Cc1noc(C)c1Cn1c(CN(C)C)nc2sc3c(c2c1=O)CCCC3. The molecule has 0 fully saturated rings. The molecule has 3 heterocycles. The Morgan fingerprint density at radius 2 is 2.00 bits per heavy atom. The zero-order chi connectivity index (χ0) is 18.4. The van der Waals surface area contributed by atoms with Crippen LogP contribution in [0.5, 0.6) is 0 Å². The van der Waals surface area contributed by atoms with E-state index in [1.807, 2.05) is 37.4 Å². The van der Waals surface area contributed by atoms with Gasteiger partial charge >= 0.3 is 0 Å². The summed E-state index contributed by atoms with van der Waals surface area (Å²) < 4.78 is 7.11. The van der Waals surface area contributed by atoms with Crippen molar-refractivity contribution in [3.05, 3.63) is 43.6 Å². The van der Waals surface area contributed by atoms with Gasteiger partial charge in [0.2, 0.25) is 0 Å². The molecule has 1 aliphatic carbocycles. The summed E-state index contributed by atoms with van der Waals surface area (Å²) in [5, 5.41) is 4.87. The quantitative estimate of drug-likeness (QED) is 0.704. The Hall–Kier alpha value is -1.99. The van der Waals surface area contributed by atoms with Gasteiger partial charge in [-0.05, 0) is 59.2 Å². The van der Waals surface area contributed by atoms with Gasteiger partial charge in [-0.2, -0.15) is 0 Å². The van der Waals surface area contributed by atoms with Crippen molar-refractivity contribution in [2.45, 2.75) is 52.6 Å². The lowest BCUT2D eigenvalue weighted by molar-refractivity contribution is 0.378. The lowest BCUT2D eigenvalue weighted by atomic mass is 9.97. The number of hydrogen-bond acceptors (Lipinski definition) is 6. The minimum Gasteiger partial charge on any atom is -0.361 e. The molecule has 0 saturated heterocycles. The van der Waals surface area contributed by atoms with E-state index in [4.69, 9.17) is 9.51 Å². The van der Waals surface area contributed by atoms with Crippen molar-refractivity contribution in [1.82, 2.24) is 19.6 Å². The lowest BCUT2D eigenvalue weighted by Crippen LogP contribution is -2.29. The van der Waals surface area contributed by atoms with Crippen molar-refractivity contribution in [3.63, 3.8) is 0 Å². The largest absolute Gasteiger partial charge is 0.361 e. The molecule has 0 unspecified atom stereocenters. The van der Waals surface area contributed by atoms with Gasteiger partial charge in [0.25, 0.3) is 5.56 Å². The van der Waals surface area contributed by atoms with Gasteiger partial charge in [-0.1, -0.05) is 5.16 Å². The average Bonchev–Trinajstić information content (AvgIpc) is 3.11. The topological polar surface area (TPSA) is 64.2 Å². The number of aromatic nitrogens is 3. The van der Waals surface area contributed by atoms with Crippen LogP contribution in [0.25, 0.3) is 10.2 Å². The second kappa shape index (κ2) is 6.63. The van der Waals surface area contributed by atoms with Crippen LogP contribution in [0.15, 0.2) is 9.32 Å². The number of hydrogen-bond donors (Lipinski definition) is 0. The molecule has 0 N–H and O–H groups in total. The Bertz CT molecular complexity index is 1010. The van der Waals surface area contributed by atoms with Gasteiger partial charge in [-0.3, -0.25) is 9.36 Å². The molecule has 4 rings (SSSR count). The molecule has 0 saturated carbocycles. The van der Waals surface area contributed by atoms with Crippen LogP contribution in [0.4, 0.5) is 0 Å². The van der Waals surface area contributed by atoms with Gasteiger partial charge in [0.15, 0.2) is 0 Å². The van der Waals surface area contributed by atoms with Crippen molar-refractivity contribution in [1.29, 1.82) is 0 Å². The number of rotatable bonds is 4. The van der Waals surface area contributed by atoms with Crippen molar-refractivity contribution >= 4 is 21.6 Å². The highest BCUT2D eigenvalue weighted by Gasteiger charge is 2.23. The van der Waals surface area contributed by atoms with Crippen molar-refractivity contribution < 1.29 is 4.52 Å². The first-order valence-corrected chi connectivity index (χ1v) is 9.87. The van der Waals surface area contributed by atoms with E-state index < -0.39 is 0 Å². The standard InChI is InChI=1S/C19H24N4O2S/c1-11-14(12(2)25-21-11)9-23-16(10-22(3)4)20-18-17(19(23)24)13-7-5-6-8-15(13)26-18/h5-10H2,1-4H3. The van der Waals surface area contributed by atoms with E-state index >= 15 is 0 Å². The molecule has 0 radical (unpaired) electrons. The zero-order valence-electron chi connectivity index (χ0n) is 15.8. The monoisotopic (exact) mass is 372 g/mol. The molecular weight excluding hydrogens is 348 g/mol. The first-order chi connectivity index (χ1) is 12.5. The van der Waals surface area contributed by atoms with Gasteiger partial charge in [-0.25, -0.2) is 4.98 Å². The Labute approximate surface area is 156 Å². The predicted molar refractivity (Wildman–Crippen MR) is 103 cm³/mol. The lowest BCUT2D eigenvalue weighted by Gasteiger charge is -2.16. The minimum absolute atomic E-state index is 0.0752. The van der Waals surface area contributed by atoms with Crippen LogP contribution in [0.2, 0.25) is 0 Å². The number of nitrogens with zero attached hydrogens (tertiary/aromatic N) is 4. The van der Waals surface area contributed by atoms with E-state index in [1.54, 1.807) is 11.3 Å². The normalized spacial score (nSPS) is 14.3. The summed E-state index contributed by atoms with van der Waals surface area (Å²) in [7, 11) is 3.99. The maximum absolute atomic E-state index is 13.5. The molecule has 0 atom stereocenters. The fourth-order valence-corrected chi connectivity index (χ4v) is 5.00. The summed E-state index contributed by atoms with van der Waals surface area (Å²) in [6, 6.07) is 0. The smallest absolute Gasteiger partial charge is 0.262 e. The molecule has 0 aromatic carbocycles. The second-order valence-electron chi connectivity index (χ2n) is 7.35. The predicted octanol–water partition coefficient (Wildman–Crippen LogP) is 3.05. The second-order valence-corrected chi connectivity index (χ2v) is 8.43. The number of fused-ring (bicyclic) bond motifs is 3. The molecule has 0 spiro atoms. The summed E-state index contributed by atoms with van der Waals surface area (Å²) in [4.78, 5) is 22.7. The van der Waals surface area contributed by atoms with Crippen LogP contribution in [0, 0.1) is 13.8 Å². The third kappa shape index (κ3) is 2.89. The summed E-state index contributed by atoms with van der Waals surface area (Å²) in [5.41, 5.74) is 3.11. The third-order valence-electron chi connectivity index (χ3n) is 5.11. The first kappa shape index (κ1) is 17.4. The molecule has 6 nitrogen and oxygen atoms in total. The molecule has 3 aromatic rings. The highest BCUT2D eigenvalue weighted by Crippen LogP contribution is 2.34. The maximum atomic E-state index is 13.5. The van der Waals surface area contributed by atoms with E-state index in [0.29, 0.717) is 13.1 Å². The van der Waals surface area contributed by atoms with Gasteiger partial charge < -0.3 is 9.42 Å². The van der Waals surface area contributed by atoms with Crippen LogP contribution in [0.1, 0.15) is 46.1 Å². The van der Waals surface area contributed by atoms with Crippen LogP contribution >= 0.6 is 11.3 Å². The number of thiophene rings is 1. The van der Waals surface area contributed by atoms with Crippen molar-refractivity contribution in [2.75, 3.05) is 14.1 Å². The Morgan fingerprint density at radius 3 is 2.69 bits per heavy atom. The molecular formula is C19H24N4O2S. The molecule has 7 heteroatoms. The number of aryl methyl sites for hydroxylation is 4. The summed E-state index contributed by atoms with van der Waals surface area (Å²) in [6.07, 6.45) is 4.42. The Kier molecular flexibility index (Phi) is 4.44. The highest BCUT2D eigenvalue weighted by atomic mass is 32.1. The van der Waals surface area contributed by atoms with E-state index in [9.17, 15) is 4.79 Å². The fourth-order valence-electron chi connectivity index (χ4n) is 3.73. The van der Waals surface area contributed by atoms with Gasteiger partial charge in [-0.15, -0.1) is 11.3 Å². The van der Waals surface area contributed by atoms with E-state index in [-0.39, 0.29) is 5.56 Å². The molecule has 0 aliphatic heterocycles. The molecule has 0 bridgehead atoms. The van der Waals surface area contributed by atoms with Crippen LogP contribution in [-0.4, -0.2) is 33.7 Å². The van der Waals surface area contributed by atoms with Gasteiger partial charge in [0, 0.05) is 10.4 Å². The maximum Gasteiger partial charge on any atom is 0.262 e. The fraction of sp³-hybridized carbons (Fsp3) is 0.526. The van der Waals surface area contributed by atoms with Crippen molar-refractivity contribution in [2.24, 2.45) is 0 Å². The molecule has 0 amide bonds. The minimum atomic E-state index is 0.0752. The molecule has 1 aliphatic rings. The van der Waals surface area contributed by atoms with Crippen LogP contribution < -0.4 is 5.56 Å². The average molecular weight is 372 g/mol. The molecule has 3 aromatic heterocycles. The summed E-state index contributed by atoms with van der Waals surface area (Å²) in [5.74, 6) is 1.56. The summed E-state index contributed by atoms with van der Waals surface area (Å²) in [6.45, 7) is 4.89. The van der Waals surface area contributed by atoms with E-state index in [0.717, 1.165) is 52.3 Å². The third-order valence-corrected chi connectivity index (χ3v) is 6.29. The molecule has 138 valence electrons. The van der Waals surface area contributed by atoms with E-state index in [1.165, 1.54) is 16.9 Å². The van der Waals surface area contributed by atoms with Gasteiger partial charge in [0.1, 0.15) is 16.4 Å². The Balaban J connectivity index is 1.93. The zero-order valence-corrected chi connectivity index (χ0v) is 16.6. The first-order valence-electron chi connectivity index (χ1n) is 9.06. The van der Waals surface area contributed by atoms with Gasteiger partial charge in [0.05, 0.1) is 24.2 Å². The highest BCUT2D eigenvalue weighted by molar-refractivity contribution is 7.18. The van der Waals surface area contributed by atoms with Crippen molar-refractivity contribution in [3.8, 4) is 0 Å².